The maximum Gasteiger partial charge on any atom is 0.287 e. The summed E-state index contributed by atoms with van der Waals surface area (Å²) in [6, 6.07) is 17.3. The zero-order valence-corrected chi connectivity index (χ0v) is 22.3. The molecule has 37 heavy (non-hydrogen) atoms. The molecule has 188 valence electrons. The Morgan fingerprint density at radius 1 is 1.14 bits per heavy atom. The molecule has 0 atom stereocenters. The van der Waals surface area contributed by atoms with E-state index in [0.29, 0.717) is 17.1 Å². The van der Waals surface area contributed by atoms with Crippen LogP contribution in [0.25, 0.3) is 5.69 Å². The molecule has 0 bridgehead atoms. The first-order valence-electron chi connectivity index (χ1n) is 11.0. The van der Waals surface area contributed by atoms with Gasteiger partial charge in [-0.2, -0.15) is 5.10 Å². The predicted octanol–water partition coefficient (Wildman–Crippen LogP) is 5.57. The number of aryl methyl sites for hydroxylation is 1. The average Bonchev–Trinajstić information content (AvgIpc) is 3.17. The van der Waals surface area contributed by atoms with Gasteiger partial charge >= 0.3 is 0 Å². The number of halogens is 1. The number of nitro groups is 1. The van der Waals surface area contributed by atoms with Crippen LogP contribution in [0.1, 0.15) is 27.3 Å². The molecule has 0 unspecified atom stereocenters. The molecule has 2 aromatic carbocycles. The minimum Gasteiger partial charge on any atom is -0.496 e. The number of nitrogens with one attached hydrogen (secondary N) is 1. The standard InChI is InChI=1S/C26H22IN5O5/c1-16-12-19(14-29-30-26(33)18-4-10-23(27)24(13-18)36-3)17(2)31(16)20-5-8-22(9-6-20)37-25-11-7-21(15-28-25)32(34)35/h4-15H,1-3H3,(H,30,33)/b29-14-. The van der Waals surface area contributed by atoms with Crippen LogP contribution in [0.4, 0.5) is 5.69 Å². The quantitative estimate of drug-likeness (QED) is 0.121. The van der Waals surface area contributed by atoms with Crippen LogP contribution < -0.4 is 14.9 Å². The lowest BCUT2D eigenvalue weighted by Crippen LogP contribution is -2.17. The van der Waals surface area contributed by atoms with Crippen molar-refractivity contribution in [1.29, 1.82) is 0 Å². The molecule has 0 aliphatic heterocycles. The van der Waals surface area contributed by atoms with E-state index in [1.165, 1.54) is 12.1 Å². The van der Waals surface area contributed by atoms with E-state index in [2.05, 4.69) is 42.7 Å². The number of ether oxygens (including phenoxy) is 2. The highest BCUT2D eigenvalue weighted by atomic mass is 127. The number of aromatic nitrogens is 2. The Labute approximate surface area is 226 Å². The number of hydrogen-bond acceptors (Lipinski definition) is 7. The van der Waals surface area contributed by atoms with Crippen molar-refractivity contribution in [2.24, 2.45) is 5.10 Å². The Bertz CT molecular complexity index is 1480. The van der Waals surface area contributed by atoms with Gasteiger partial charge in [-0.3, -0.25) is 14.9 Å². The Kier molecular flexibility index (Phi) is 7.82. The summed E-state index contributed by atoms with van der Waals surface area (Å²) in [5.74, 6) is 1.10. The number of carbonyl (C=O) groups is 1. The third-order valence-corrected chi connectivity index (χ3v) is 6.39. The molecule has 1 N–H and O–H groups in total. The fraction of sp³-hybridized carbons (Fsp3) is 0.115. The fourth-order valence-electron chi connectivity index (χ4n) is 3.67. The average molecular weight is 611 g/mol. The van der Waals surface area contributed by atoms with E-state index in [4.69, 9.17) is 9.47 Å². The van der Waals surface area contributed by atoms with Crippen molar-refractivity contribution in [1.82, 2.24) is 15.0 Å². The van der Waals surface area contributed by atoms with Crippen LogP contribution in [0.5, 0.6) is 17.4 Å². The van der Waals surface area contributed by atoms with E-state index < -0.39 is 4.92 Å². The lowest BCUT2D eigenvalue weighted by molar-refractivity contribution is -0.385. The highest BCUT2D eigenvalue weighted by Gasteiger charge is 2.12. The zero-order valence-electron chi connectivity index (χ0n) is 20.1. The van der Waals surface area contributed by atoms with E-state index in [1.807, 2.05) is 38.1 Å². The van der Waals surface area contributed by atoms with E-state index >= 15 is 0 Å². The van der Waals surface area contributed by atoms with Gasteiger partial charge in [-0.15, -0.1) is 0 Å². The summed E-state index contributed by atoms with van der Waals surface area (Å²) in [5, 5.41) is 14.9. The lowest BCUT2D eigenvalue weighted by atomic mass is 10.2. The van der Waals surface area contributed by atoms with Gasteiger partial charge in [-0.05, 0) is 85.0 Å². The molecule has 2 aromatic heterocycles. The van der Waals surface area contributed by atoms with Crippen LogP contribution in [0.2, 0.25) is 0 Å². The van der Waals surface area contributed by atoms with Gasteiger partial charge in [0, 0.05) is 40.3 Å². The smallest absolute Gasteiger partial charge is 0.287 e. The van der Waals surface area contributed by atoms with Crippen molar-refractivity contribution in [2.45, 2.75) is 13.8 Å². The fourth-order valence-corrected chi connectivity index (χ4v) is 4.22. The Morgan fingerprint density at radius 2 is 1.89 bits per heavy atom. The highest BCUT2D eigenvalue weighted by molar-refractivity contribution is 14.1. The Balaban J connectivity index is 1.45. The molecule has 4 rings (SSSR count). The van der Waals surface area contributed by atoms with Crippen LogP contribution in [0, 0.1) is 27.5 Å². The number of hydrazone groups is 1. The monoisotopic (exact) mass is 611 g/mol. The zero-order chi connectivity index (χ0) is 26.5. The van der Waals surface area contributed by atoms with Crippen molar-refractivity contribution in [3.63, 3.8) is 0 Å². The van der Waals surface area contributed by atoms with Crippen LogP contribution in [0.3, 0.4) is 0 Å². The van der Waals surface area contributed by atoms with Crippen molar-refractivity contribution < 1.29 is 19.2 Å². The first kappa shape index (κ1) is 25.8. The summed E-state index contributed by atoms with van der Waals surface area (Å²) < 4.78 is 13.9. The SMILES string of the molecule is COc1cc(C(=O)N/N=C\c2cc(C)n(-c3ccc(Oc4ccc([N+](=O)[O-])cn4)cc3)c2C)ccc1I. The normalized spacial score (nSPS) is 10.9. The molecule has 0 saturated heterocycles. The van der Waals surface area contributed by atoms with Crippen LogP contribution in [-0.2, 0) is 0 Å². The number of pyridine rings is 1. The lowest BCUT2D eigenvalue weighted by Gasteiger charge is -2.11. The Morgan fingerprint density at radius 3 is 2.54 bits per heavy atom. The van der Waals surface area contributed by atoms with Gasteiger partial charge < -0.3 is 14.0 Å². The number of hydrogen-bond donors (Lipinski definition) is 1. The third kappa shape index (κ3) is 5.94. The molecule has 0 fully saturated rings. The first-order chi connectivity index (χ1) is 17.8. The summed E-state index contributed by atoms with van der Waals surface area (Å²) in [6.45, 7) is 3.94. The van der Waals surface area contributed by atoms with E-state index in [9.17, 15) is 14.9 Å². The summed E-state index contributed by atoms with van der Waals surface area (Å²) in [4.78, 5) is 26.7. The van der Waals surface area contributed by atoms with Gasteiger partial charge in [-0.1, -0.05) is 0 Å². The summed E-state index contributed by atoms with van der Waals surface area (Å²) in [7, 11) is 1.56. The van der Waals surface area contributed by atoms with Gasteiger partial charge in [0.2, 0.25) is 5.88 Å². The van der Waals surface area contributed by atoms with Gasteiger partial charge in [0.1, 0.15) is 17.7 Å². The molecule has 11 heteroatoms. The van der Waals surface area contributed by atoms with E-state index in [1.54, 1.807) is 37.6 Å². The largest absolute Gasteiger partial charge is 0.496 e. The second kappa shape index (κ2) is 11.2. The molecule has 10 nitrogen and oxygen atoms in total. The Hall–Kier alpha value is -4.26. The molecule has 4 aromatic rings. The van der Waals surface area contributed by atoms with Crippen LogP contribution in [0.15, 0.2) is 72.0 Å². The molecule has 2 heterocycles. The number of methoxy groups -OCH3 is 1. The van der Waals surface area contributed by atoms with Crippen LogP contribution in [-0.4, -0.2) is 33.7 Å². The molecule has 0 saturated carbocycles. The third-order valence-electron chi connectivity index (χ3n) is 5.50. The predicted molar refractivity (Wildman–Crippen MR) is 147 cm³/mol. The topological polar surface area (TPSA) is 121 Å². The first-order valence-corrected chi connectivity index (χ1v) is 12.1. The summed E-state index contributed by atoms with van der Waals surface area (Å²) >= 11 is 2.14. The van der Waals surface area contributed by atoms with Crippen molar-refractivity contribution in [2.75, 3.05) is 7.11 Å². The molecule has 0 aliphatic rings. The summed E-state index contributed by atoms with van der Waals surface area (Å²) in [6.07, 6.45) is 2.76. The van der Waals surface area contributed by atoms with E-state index in [0.717, 1.165) is 32.4 Å². The van der Waals surface area contributed by atoms with Crippen LogP contribution >= 0.6 is 22.6 Å². The maximum absolute atomic E-state index is 12.5. The molecule has 1 amide bonds. The number of carbonyl (C=O) groups excluding carboxylic acids is 1. The summed E-state index contributed by atoms with van der Waals surface area (Å²) in [5.41, 5.74) is 6.60. The van der Waals surface area contributed by atoms with Gasteiger partial charge in [-0.25, -0.2) is 10.4 Å². The van der Waals surface area contributed by atoms with Crippen molar-refractivity contribution in [3.8, 4) is 23.1 Å². The van der Waals surface area contributed by atoms with Crippen molar-refractivity contribution in [3.05, 3.63) is 103 Å². The van der Waals surface area contributed by atoms with Gasteiger partial charge in [0.15, 0.2) is 0 Å². The van der Waals surface area contributed by atoms with E-state index in [-0.39, 0.29) is 17.5 Å². The highest BCUT2D eigenvalue weighted by Crippen LogP contribution is 2.25. The molecular weight excluding hydrogens is 589 g/mol. The second-order valence-electron chi connectivity index (χ2n) is 7.92. The van der Waals surface area contributed by atoms with Crippen molar-refractivity contribution >= 4 is 40.4 Å². The number of nitrogens with zero attached hydrogens (tertiary/aromatic N) is 4. The number of benzene rings is 2. The van der Waals surface area contributed by atoms with Gasteiger partial charge in [0.05, 0.1) is 21.8 Å². The molecule has 0 radical (unpaired) electrons. The molecule has 0 aliphatic carbocycles. The maximum atomic E-state index is 12.5. The minimum absolute atomic E-state index is 0.102. The molecule has 0 spiro atoms. The van der Waals surface area contributed by atoms with Gasteiger partial charge in [0.25, 0.3) is 11.6 Å². The number of rotatable bonds is 8. The molecular formula is C26H22IN5O5. The number of amides is 1. The second-order valence-corrected chi connectivity index (χ2v) is 9.08. The minimum atomic E-state index is -0.512.